The van der Waals surface area contributed by atoms with E-state index in [0.717, 1.165) is 5.69 Å². The molecule has 0 radical (unpaired) electrons. The summed E-state index contributed by atoms with van der Waals surface area (Å²) >= 11 is 0. The van der Waals surface area contributed by atoms with Crippen molar-refractivity contribution in [2.45, 2.75) is 47.1 Å². The SMILES string of the molecule is CCC.Cc1cncc(C(=O)NC(C)C)n1.[HH]. The molecule has 1 rings (SSSR count). The lowest BCUT2D eigenvalue weighted by Crippen LogP contribution is -2.30. The van der Waals surface area contributed by atoms with Crippen LogP contribution in [0.3, 0.4) is 0 Å². The molecule has 1 amide bonds. The second-order valence-electron chi connectivity index (χ2n) is 3.88. The van der Waals surface area contributed by atoms with Crippen LogP contribution in [0.4, 0.5) is 0 Å². The normalized spacial score (nSPS) is 9.38. The minimum Gasteiger partial charge on any atom is -0.348 e. The molecule has 0 fully saturated rings. The van der Waals surface area contributed by atoms with E-state index in [-0.39, 0.29) is 13.4 Å². The van der Waals surface area contributed by atoms with Crippen LogP contribution < -0.4 is 5.32 Å². The van der Waals surface area contributed by atoms with E-state index in [0.29, 0.717) is 5.69 Å². The van der Waals surface area contributed by atoms with Crippen molar-refractivity contribution in [1.29, 1.82) is 0 Å². The molecule has 0 saturated heterocycles. The van der Waals surface area contributed by atoms with Gasteiger partial charge in [-0.3, -0.25) is 9.78 Å². The lowest BCUT2D eigenvalue weighted by atomic mass is 10.3. The Morgan fingerprint density at radius 3 is 2.44 bits per heavy atom. The highest BCUT2D eigenvalue weighted by Gasteiger charge is 2.08. The molecule has 0 aliphatic heterocycles. The van der Waals surface area contributed by atoms with Crippen LogP contribution in [-0.2, 0) is 0 Å². The lowest BCUT2D eigenvalue weighted by Gasteiger charge is -2.06. The van der Waals surface area contributed by atoms with Crippen molar-refractivity contribution in [2.75, 3.05) is 0 Å². The van der Waals surface area contributed by atoms with Crippen molar-refractivity contribution >= 4 is 5.91 Å². The molecule has 16 heavy (non-hydrogen) atoms. The first-order valence-electron chi connectivity index (χ1n) is 5.60. The topological polar surface area (TPSA) is 54.9 Å². The van der Waals surface area contributed by atoms with E-state index in [1.54, 1.807) is 13.1 Å². The predicted molar refractivity (Wildman–Crippen MR) is 67.5 cm³/mol. The number of rotatable bonds is 2. The van der Waals surface area contributed by atoms with Crippen molar-refractivity contribution < 1.29 is 6.22 Å². The number of carbonyl (C=O) groups excluding carboxylic acids is 1. The number of aromatic nitrogens is 2. The zero-order valence-electron chi connectivity index (χ0n) is 10.7. The fourth-order valence-electron chi connectivity index (χ4n) is 0.909. The van der Waals surface area contributed by atoms with Crippen molar-refractivity contribution in [3.63, 3.8) is 0 Å². The number of hydrogen-bond acceptors (Lipinski definition) is 3. The van der Waals surface area contributed by atoms with Crippen LogP contribution in [0.15, 0.2) is 12.4 Å². The van der Waals surface area contributed by atoms with Crippen molar-refractivity contribution in [3.8, 4) is 0 Å². The molecular formula is C12H23N3O. The largest absolute Gasteiger partial charge is 0.348 e. The fourth-order valence-corrected chi connectivity index (χ4v) is 0.909. The van der Waals surface area contributed by atoms with Crippen molar-refractivity contribution in [3.05, 3.63) is 23.8 Å². The van der Waals surface area contributed by atoms with E-state index in [9.17, 15) is 4.79 Å². The van der Waals surface area contributed by atoms with E-state index in [1.165, 1.54) is 12.6 Å². The third-order valence-corrected chi connectivity index (χ3v) is 1.41. The van der Waals surface area contributed by atoms with Gasteiger partial charge in [0.2, 0.25) is 0 Å². The Labute approximate surface area is 99.0 Å². The summed E-state index contributed by atoms with van der Waals surface area (Å²) in [7, 11) is 0. The van der Waals surface area contributed by atoms with Crippen molar-refractivity contribution in [2.24, 2.45) is 0 Å². The summed E-state index contributed by atoms with van der Waals surface area (Å²) in [5.41, 5.74) is 1.12. The van der Waals surface area contributed by atoms with Gasteiger partial charge >= 0.3 is 0 Å². The molecule has 0 atom stereocenters. The van der Waals surface area contributed by atoms with Gasteiger partial charge < -0.3 is 5.32 Å². The zero-order chi connectivity index (χ0) is 12.6. The third kappa shape index (κ3) is 6.11. The molecule has 0 aliphatic rings. The Hall–Kier alpha value is -1.45. The van der Waals surface area contributed by atoms with Gasteiger partial charge in [0.15, 0.2) is 0 Å². The number of hydrogen-bond donors (Lipinski definition) is 1. The third-order valence-electron chi connectivity index (χ3n) is 1.41. The first-order valence-corrected chi connectivity index (χ1v) is 5.60. The van der Waals surface area contributed by atoms with Gasteiger partial charge in [0.1, 0.15) is 5.69 Å². The summed E-state index contributed by atoms with van der Waals surface area (Å²) in [5, 5.41) is 2.74. The van der Waals surface area contributed by atoms with Crippen LogP contribution in [0.25, 0.3) is 0 Å². The van der Waals surface area contributed by atoms with Gasteiger partial charge in [0.25, 0.3) is 5.91 Å². The maximum Gasteiger partial charge on any atom is 0.271 e. The van der Waals surface area contributed by atoms with Crippen LogP contribution in [-0.4, -0.2) is 21.9 Å². The quantitative estimate of drug-likeness (QED) is 0.841. The summed E-state index contributed by atoms with van der Waals surface area (Å²) in [5.74, 6) is -0.175. The molecule has 92 valence electrons. The zero-order valence-corrected chi connectivity index (χ0v) is 10.7. The molecule has 0 aliphatic carbocycles. The molecule has 0 saturated carbocycles. The predicted octanol–water partition coefficient (Wildman–Crippen LogP) is 2.59. The summed E-state index contributed by atoms with van der Waals surface area (Å²) < 4.78 is 0. The Bertz CT molecular complexity index is 329. The summed E-state index contributed by atoms with van der Waals surface area (Å²) in [4.78, 5) is 19.3. The molecule has 4 nitrogen and oxygen atoms in total. The van der Waals surface area contributed by atoms with Crippen LogP contribution >= 0.6 is 0 Å². The van der Waals surface area contributed by atoms with E-state index < -0.39 is 0 Å². The fraction of sp³-hybridized carbons (Fsp3) is 0.583. The number of nitrogens with zero attached hydrogens (tertiary/aromatic N) is 2. The van der Waals surface area contributed by atoms with E-state index >= 15 is 0 Å². The van der Waals surface area contributed by atoms with E-state index in [1.807, 2.05) is 13.8 Å². The molecule has 0 bridgehead atoms. The second-order valence-corrected chi connectivity index (χ2v) is 3.88. The lowest BCUT2D eigenvalue weighted by molar-refractivity contribution is 0.0937. The molecule has 1 aromatic rings. The minimum atomic E-state index is -0.175. The smallest absolute Gasteiger partial charge is 0.271 e. The summed E-state index contributed by atoms with van der Waals surface area (Å²) in [6, 6.07) is 0.120. The number of amides is 1. The molecule has 0 unspecified atom stereocenters. The highest BCUT2D eigenvalue weighted by molar-refractivity contribution is 5.92. The van der Waals surface area contributed by atoms with Gasteiger partial charge in [-0.25, -0.2) is 4.98 Å². The van der Waals surface area contributed by atoms with Crippen LogP contribution in [0, 0.1) is 6.92 Å². The number of aryl methyl sites for hydroxylation is 1. The molecular weight excluding hydrogens is 202 g/mol. The molecule has 0 spiro atoms. The molecule has 4 heteroatoms. The van der Waals surface area contributed by atoms with Crippen LogP contribution in [0.2, 0.25) is 0 Å². The Balaban J connectivity index is 0. The Morgan fingerprint density at radius 2 is 2.00 bits per heavy atom. The Kier molecular flexibility index (Phi) is 7.09. The number of nitrogens with one attached hydrogen (secondary N) is 1. The standard InChI is InChI=1S/C9H13N3O.C3H8.H2/c1-6(2)11-9(13)8-5-10-4-7(3)12-8;1-3-2;/h4-6H,1-3H3,(H,11,13);3H2,1-2H3;1H. The average molecular weight is 225 g/mol. The van der Waals surface area contributed by atoms with Crippen LogP contribution in [0.5, 0.6) is 0 Å². The van der Waals surface area contributed by atoms with Crippen LogP contribution in [0.1, 0.15) is 51.7 Å². The second kappa shape index (κ2) is 7.79. The number of carbonyl (C=O) groups is 1. The molecule has 1 aromatic heterocycles. The minimum absolute atomic E-state index is 0. The molecule has 1 N–H and O–H groups in total. The summed E-state index contributed by atoms with van der Waals surface area (Å²) in [6.45, 7) is 9.86. The highest BCUT2D eigenvalue weighted by Crippen LogP contribution is 1.95. The monoisotopic (exact) mass is 225 g/mol. The highest BCUT2D eigenvalue weighted by atomic mass is 16.1. The average Bonchev–Trinajstić information content (AvgIpc) is 2.18. The maximum atomic E-state index is 11.4. The van der Waals surface area contributed by atoms with E-state index in [2.05, 4.69) is 29.1 Å². The van der Waals surface area contributed by atoms with Gasteiger partial charge in [-0.15, -0.1) is 0 Å². The molecule has 1 heterocycles. The van der Waals surface area contributed by atoms with Gasteiger partial charge in [-0.2, -0.15) is 0 Å². The van der Waals surface area contributed by atoms with Gasteiger partial charge in [0.05, 0.1) is 11.9 Å². The summed E-state index contributed by atoms with van der Waals surface area (Å²) in [6.07, 6.45) is 4.33. The first-order chi connectivity index (χ1) is 7.51. The van der Waals surface area contributed by atoms with Crippen molar-refractivity contribution in [1.82, 2.24) is 15.3 Å². The van der Waals surface area contributed by atoms with E-state index in [4.69, 9.17) is 0 Å². The maximum absolute atomic E-state index is 11.4. The van der Waals surface area contributed by atoms with Gasteiger partial charge in [0, 0.05) is 13.7 Å². The van der Waals surface area contributed by atoms with Gasteiger partial charge in [-0.05, 0) is 20.8 Å². The molecule has 0 aromatic carbocycles. The first kappa shape index (κ1) is 14.6. The Morgan fingerprint density at radius 1 is 1.44 bits per heavy atom. The van der Waals surface area contributed by atoms with Gasteiger partial charge in [-0.1, -0.05) is 20.3 Å².